The highest BCUT2D eigenvalue weighted by Gasteiger charge is 2.06. The molecule has 0 heterocycles. The van der Waals surface area contributed by atoms with Crippen molar-refractivity contribution in [3.05, 3.63) is 76.9 Å². The van der Waals surface area contributed by atoms with Crippen LogP contribution in [0.4, 0.5) is 0 Å². The summed E-state index contributed by atoms with van der Waals surface area (Å²) in [4.78, 5) is 11.2. The Kier molecular flexibility index (Phi) is 7.28. The predicted molar refractivity (Wildman–Crippen MR) is 99.8 cm³/mol. The molecule has 0 atom stereocenters. The molecule has 0 saturated heterocycles. The molecule has 2 rings (SSSR count). The van der Waals surface area contributed by atoms with Crippen LogP contribution in [0.5, 0.6) is 0 Å². The first kappa shape index (κ1) is 18.0. The van der Waals surface area contributed by atoms with Crippen molar-refractivity contribution in [3.8, 4) is 0 Å². The Balaban J connectivity index is 2.24. The second-order valence-corrected chi connectivity index (χ2v) is 6.05. The molecule has 0 aliphatic heterocycles. The van der Waals surface area contributed by atoms with E-state index >= 15 is 0 Å². The lowest BCUT2D eigenvalue weighted by Crippen LogP contribution is -2.06. The van der Waals surface area contributed by atoms with Crippen LogP contribution in [-0.2, 0) is 22.4 Å². The molecule has 0 aliphatic carbocycles. The molecule has 0 bridgehead atoms. The smallest absolute Gasteiger partial charge is 0.302 e. The summed E-state index contributed by atoms with van der Waals surface area (Å²) in [5, 5.41) is 0. The van der Waals surface area contributed by atoms with Crippen molar-refractivity contribution in [1.29, 1.82) is 0 Å². The molecule has 24 heavy (non-hydrogen) atoms. The van der Waals surface area contributed by atoms with E-state index < -0.39 is 0 Å². The number of aryl methyl sites for hydroxylation is 1. The van der Waals surface area contributed by atoms with Crippen LogP contribution in [-0.4, -0.2) is 12.6 Å². The molecule has 0 N–H and O–H groups in total. The van der Waals surface area contributed by atoms with Crippen LogP contribution in [0.15, 0.2) is 60.2 Å². The Morgan fingerprint density at radius 3 is 2.46 bits per heavy atom. The Morgan fingerprint density at radius 1 is 1.04 bits per heavy atom. The van der Waals surface area contributed by atoms with Crippen LogP contribution in [0, 0.1) is 0 Å². The predicted octanol–water partition coefficient (Wildman–Crippen LogP) is 5.22. The Morgan fingerprint density at radius 2 is 1.75 bits per heavy atom. The SMILES string of the molecule is CCCCc1ccccc1C=C(COC(C)=O)Cc1ccccc1. The molecule has 0 amide bonds. The van der Waals surface area contributed by atoms with E-state index in [0.29, 0.717) is 6.61 Å². The van der Waals surface area contributed by atoms with Gasteiger partial charge in [0.1, 0.15) is 6.61 Å². The molecule has 0 radical (unpaired) electrons. The topological polar surface area (TPSA) is 26.3 Å². The molecule has 0 saturated carbocycles. The number of ether oxygens (including phenoxy) is 1. The van der Waals surface area contributed by atoms with Gasteiger partial charge in [0.25, 0.3) is 0 Å². The third-order valence-corrected chi connectivity index (χ3v) is 3.95. The van der Waals surface area contributed by atoms with Crippen LogP contribution < -0.4 is 0 Å². The van der Waals surface area contributed by atoms with Gasteiger partial charge in [0.05, 0.1) is 0 Å². The number of esters is 1. The molecule has 126 valence electrons. The van der Waals surface area contributed by atoms with E-state index in [-0.39, 0.29) is 5.97 Å². The highest BCUT2D eigenvalue weighted by atomic mass is 16.5. The normalized spacial score (nSPS) is 11.3. The molecule has 2 aromatic rings. The molecule has 0 spiro atoms. The molecule has 2 heteroatoms. The highest BCUT2D eigenvalue weighted by Crippen LogP contribution is 2.18. The minimum absolute atomic E-state index is 0.242. The molecule has 2 aromatic carbocycles. The van der Waals surface area contributed by atoms with Gasteiger partial charge in [-0.05, 0) is 41.5 Å². The molecule has 0 fully saturated rings. The van der Waals surface area contributed by atoms with Crippen molar-refractivity contribution in [2.45, 2.75) is 39.5 Å². The summed E-state index contributed by atoms with van der Waals surface area (Å²) in [7, 11) is 0. The van der Waals surface area contributed by atoms with Gasteiger partial charge in [-0.2, -0.15) is 0 Å². The molecular weight excluding hydrogens is 296 g/mol. The molecule has 0 unspecified atom stereocenters. The molecular formula is C22H26O2. The number of hydrogen-bond donors (Lipinski definition) is 0. The van der Waals surface area contributed by atoms with Crippen molar-refractivity contribution < 1.29 is 9.53 Å². The summed E-state index contributed by atoms with van der Waals surface area (Å²) in [6, 6.07) is 18.8. The highest BCUT2D eigenvalue weighted by molar-refractivity contribution is 5.66. The maximum Gasteiger partial charge on any atom is 0.302 e. The number of benzene rings is 2. The van der Waals surface area contributed by atoms with Crippen molar-refractivity contribution in [2.75, 3.05) is 6.61 Å². The molecule has 0 aliphatic rings. The van der Waals surface area contributed by atoms with E-state index in [0.717, 1.165) is 18.4 Å². The summed E-state index contributed by atoms with van der Waals surface area (Å²) >= 11 is 0. The van der Waals surface area contributed by atoms with E-state index in [4.69, 9.17) is 4.74 Å². The van der Waals surface area contributed by atoms with E-state index in [1.165, 1.54) is 36.5 Å². The van der Waals surface area contributed by atoms with Crippen molar-refractivity contribution in [2.24, 2.45) is 0 Å². The van der Waals surface area contributed by atoms with E-state index in [1.54, 1.807) is 0 Å². The summed E-state index contributed by atoms with van der Waals surface area (Å²) in [5.74, 6) is -0.242. The largest absolute Gasteiger partial charge is 0.461 e. The number of unbranched alkanes of at least 4 members (excludes halogenated alkanes) is 1. The molecule has 2 nitrogen and oxygen atoms in total. The third kappa shape index (κ3) is 6.04. The average molecular weight is 322 g/mol. The maximum atomic E-state index is 11.2. The summed E-state index contributed by atoms with van der Waals surface area (Å²) in [6.07, 6.45) is 6.41. The zero-order valence-electron chi connectivity index (χ0n) is 14.6. The van der Waals surface area contributed by atoms with Gasteiger partial charge in [0.15, 0.2) is 0 Å². The summed E-state index contributed by atoms with van der Waals surface area (Å²) in [5.41, 5.74) is 4.92. The standard InChI is InChI=1S/C22H26O2/c1-3-4-12-21-13-8-9-14-22(21)16-20(17-24-18(2)23)15-19-10-6-5-7-11-19/h5-11,13-14,16H,3-4,12,15,17H2,1-2H3. The van der Waals surface area contributed by atoms with Gasteiger partial charge < -0.3 is 4.74 Å². The number of carbonyl (C=O) groups excluding carboxylic acids is 1. The van der Waals surface area contributed by atoms with Crippen LogP contribution in [0.1, 0.15) is 43.4 Å². The fraction of sp³-hybridized carbons (Fsp3) is 0.318. The van der Waals surface area contributed by atoms with Gasteiger partial charge in [-0.25, -0.2) is 0 Å². The summed E-state index contributed by atoms with van der Waals surface area (Å²) in [6.45, 7) is 4.00. The lowest BCUT2D eigenvalue weighted by molar-refractivity contribution is -0.139. The van der Waals surface area contributed by atoms with Crippen LogP contribution in [0.25, 0.3) is 6.08 Å². The maximum absolute atomic E-state index is 11.2. The van der Waals surface area contributed by atoms with Gasteiger partial charge in [-0.1, -0.05) is 74.0 Å². The minimum atomic E-state index is -0.242. The Bertz CT molecular complexity index is 671. The van der Waals surface area contributed by atoms with Crippen LogP contribution in [0.3, 0.4) is 0 Å². The van der Waals surface area contributed by atoms with Crippen molar-refractivity contribution >= 4 is 12.0 Å². The monoisotopic (exact) mass is 322 g/mol. The fourth-order valence-electron chi connectivity index (χ4n) is 2.69. The van der Waals surface area contributed by atoms with Gasteiger partial charge in [0.2, 0.25) is 0 Å². The van der Waals surface area contributed by atoms with Crippen molar-refractivity contribution in [3.63, 3.8) is 0 Å². The first-order valence-electron chi connectivity index (χ1n) is 8.63. The van der Waals surface area contributed by atoms with E-state index in [1.807, 2.05) is 18.2 Å². The third-order valence-electron chi connectivity index (χ3n) is 3.95. The Hall–Kier alpha value is -2.35. The van der Waals surface area contributed by atoms with Crippen LogP contribution in [0.2, 0.25) is 0 Å². The van der Waals surface area contributed by atoms with Gasteiger partial charge in [-0.15, -0.1) is 0 Å². The average Bonchev–Trinajstić information content (AvgIpc) is 2.60. The second kappa shape index (κ2) is 9.71. The zero-order valence-corrected chi connectivity index (χ0v) is 14.6. The van der Waals surface area contributed by atoms with E-state index in [9.17, 15) is 4.79 Å². The second-order valence-electron chi connectivity index (χ2n) is 6.05. The van der Waals surface area contributed by atoms with E-state index in [2.05, 4.69) is 49.4 Å². The fourth-order valence-corrected chi connectivity index (χ4v) is 2.69. The quantitative estimate of drug-likeness (QED) is 0.623. The zero-order chi connectivity index (χ0) is 17.2. The van der Waals surface area contributed by atoms with Gasteiger partial charge >= 0.3 is 5.97 Å². The minimum Gasteiger partial charge on any atom is -0.461 e. The first-order chi connectivity index (χ1) is 11.7. The summed E-state index contributed by atoms with van der Waals surface area (Å²) < 4.78 is 5.26. The van der Waals surface area contributed by atoms with Crippen molar-refractivity contribution in [1.82, 2.24) is 0 Å². The first-order valence-corrected chi connectivity index (χ1v) is 8.63. The Labute approximate surface area is 145 Å². The molecule has 0 aromatic heterocycles. The van der Waals surface area contributed by atoms with Crippen LogP contribution >= 0.6 is 0 Å². The number of carbonyl (C=O) groups is 1. The number of hydrogen-bond acceptors (Lipinski definition) is 2. The van der Waals surface area contributed by atoms with Gasteiger partial charge in [0, 0.05) is 6.92 Å². The number of rotatable bonds is 8. The lowest BCUT2D eigenvalue weighted by atomic mass is 9.98. The van der Waals surface area contributed by atoms with Gasteiger partial charge in [-0.3, -0.25) is 4.79 Å². The lowest BCUT2D eigenvalue weighted by Gasteiger charge is -2.11.